The fourth-order valence-corrected chi connectivity index (χ4v) is 1.81. The lowest BCUT2D eigenvalue weighted by atomic mass is 10.0. The van der Waals surface area contributed by atoms with Crippen molar-refractivity contribution in [3.63, 3.8) is 0 Å². The number of nitrogens with zero attached hydrogens (tertiary/aromatic N) is 1. The van der Waals surface area contributed by atoms with Crippen LogP contribution in [0.2, 0.25) is 0 Å². The van der Waals surface area contributed by atoms with Crippen molar-refractivity contribution in [1.82, 2.24) is 4.98 Å². The van der Waals surface area contributed by atoms with E-state index in [-0.39, 0.29) is 0 Å². The summed E-state index contributed by atoms with van der Waals surface area (Å²) in [5.74, 6) is 1.21. The number of rotatable bonds is 4. The summed E-state index contributed by atoms with van der Waals surface area (Å²) in [5.41, 5.74) is 7.52. The molecule has 0 aliphatic heterocycles. The SMILES string of the molecule is COc1cc(OC)cc(C(O)c2cnccc2N)c1. The Hall–Kier alpha value is -2.27. The van der Waals surface area contributed by atoms with Crippen molar-refractivity contribution < 1.29 is 14.6 Å². The number of aromatic nitrogens is 1. The largest absolute Gasteiger partial charge is 0.497 e. The van der Waals surface area contributed by atoms with Crippen LogP contribution < -0.4 is 15.2 Å². The van der Waals surface area contributed by atoms with Crippen LogP contribution in [0.5, 0.6) is 11.5 Å². The number of aliphatic hydroxyl groups excluding tert-OH is 1. The number of hydrogen-bond donors (Lipinski definition) is 2. The van der Waals surface area contributed by atoms with E-state index in [2.05, 4.69) is 4.98 Å². The van der Waals surface area contributed by atoms with Gasteiger partial charge in [0.15, 0.2) is 0 Å². The summed E-state index contributed by atoms with van der Waals surface area (Å²) in [6.45, 7) is 0. The minimum atomic E-state index is -0.877. The van der Waals surface area contributed by atoms with Crippen LogP contribution in [0.3, 0.4) is 0 Å². The lowest BCUT2D eigenvalue weighted by Crippen LogP contribution is -2.05. The molecule has 0 saturated heterocycles. The number of ether oxygens (including phenoxy) is 2. The molecule has 3 N–H and O–H groups in total. The van der Waals surface area contributed by atoms with Crippen LogP contribution in [-0.4, -0.2) is 24.3 Å². The van der Waals surface area contributed by atoms with Crippen LogP contribution in [0.4, 0.5) is 5.69 Å². The van der Waals surface area contributed by atoms with E-state index < -0.39 is 6.10 Å². The molecule has 0 fully saturated rings. The molecule has 5 nitrogen and oxygen atoms in total. The highest BCUT2D eigenvalue weighted by molar-refractivity contribution is 5.50. The van der Waals surface area contributed by atoms with Gasteiger partial charge in [-0.1, -0.05) is 0 Å². The third kappa shape index (κ3) is 2.77. The third-order valence-electron chi connectivity index (χ3n) is 2.87. The summed E-state index contributed by atoms with van der Waals surface area (Å²) >= 11 is 0. The van der Waals surface area contributed by atoms with Gasteiger partial charge in [-0.2, -0.15) is 0 Å². The van der Waals surface area contributed by atoms with Gasteiger partial charge in [-0.15, -0.1) is 0 Å². The van der Waals surface area contributed by atoms with Gasteiger partial charge in [-0.3, -0.25) is 4.98 Å². The number of benzene rings is 1. The zero-order valence-corrected chi connectivity index (χ0v) is 10.8. The van der Waals surface area contributed by atoms with Crippen molar-refractivity contribution in [2.24, 2.45) is 0 Å². The van der Waals surface area contributed by atoms with Crippen LogP contribution in [0.1, 0.15) is 17.2 Å². The molecule has 2 rings (SSSR count). The van der Waals surface area contributed by atoms with E-state index in [4.69, 9.17) is 15.2 Å². The second-order valence-corrected chi connectivity index (χ2v) is 4.05. The molecule has 100 valence electrons. The highest BCUT2D eigenvalue weighted by Gasteiger charge is 2.15. The van der Waals surface area contributed by atoms with Gasteiger partial charge in [0.1, 0.15) is 17.6 Å². The lowest BCUT2D eigenvalue weighted by molar-refractivity contribution is 0.219. The number of anilines is 1. The van der Waals surface area contributed by atoms with E-state index in [9.17, 15) is 5.11 Å². The second kappa shape index (κ2) is 5.58. The maximum atomic E-state index is 10.4. The average Bonchev–Trinajstić information content (AvgIpc) is 2.46. The smallest absolute Gasteiger partial charge is 0.122 e. The number of aliphatic hydroxyl groups is 1. The molecular weight excluding hydrogens is 244 g/mol. The van der Waals surface area contributed by atoms with Gasteiger partial charge < -0.3 is 20.3 Å². The van der Waals surface area contributed by atoms with E-state index >= 15 is 0 Å². The summed E-state index contributed by atoms with van der Waals surface area (Å²) in [6, 6.07) is 6.86. The Morgan fingerprint density at radius 1 is 1.16 bits per heavy atom. The maximum Gasteiger partial charge on any atom is 0.122 e. The Morgan fingerprint density at radius 3 is 2.32 bits per heavy atom. The van der Waals surface area contributed by atoms with Crippen molar-refractivity contribution in [2.75, 3.05) is 20.0 Å². The summed E-state index contributed by atoms with van der Waals surface area (Å²) in [4.78, 5) is 3.97. The standard InChI is InChI=1S/C14H16N2O3/c1-18-10-5-9(6-11(7-10)19-2)14(17)12-8-16-4-3-13(12)15/h3-8,14,17H,1-2H3,(H2,15,16). The highest BCUT2D eigenvalue weighted by Crippen LogP contribution is 2.31. The molecule has 19 heavy (non-hydrogen) atoms. The molecule has 0 bridgehead atoms. The molecule has 0 saturated carbocycles. The van der Waals surface area contributed by atoms with E-state index in [0.29, 0.717) is 28.3 Å². The molecule has 1 atom stereocenters. The predicted molar refractivity (Wildman–Crippen MR) is 72.3 cm³/mol. The lowest BCUT2D eigenvalue weighted by Gasteiger charge is -2.15. The first-order valence-corrected chi connectivity index (χ1v) is 5.76. The molecule has 1 unspecified atom stereocenters. The number of nitrogens with two attached hydrogens (primary N) is 1. The fourth-order valence-electron chi connectivity index (χ4n) is 1.81. The summed E-state index contributed by atoms with van der Waals surface area (Å²) in [5, 5.41) is 10.4. The Balaban J connectivity index is 2.43. The Bertz CT molecular complexity index is 550. The normalized spacial score (nSPS) is 11.9. The molecule has 0 radical (unpaired) electrons. The Morgan fingerprint density at radius 2 is 1.79 bits per heavy atom. The molecule has 5 heteroatoms. The fraction of sp³-hybridized carbons (Fsp3) is 0.214. The Kier molecular flexibility index (Phi) is 3.87. The number of hydrogen-bond acceptors (Lipinski definition) is 5. The van der Waals surface area contributed by atoms with Gasteiger partial charge in [0.05, 0.1) is 14.2 Å². The van der Waals surface area contributed by atoms with Gasteiger partial charge in [-0.05, 0) is 23.8 Å². The molecule has 0 aliphatic rings. The van der Waals surface area contributed by atoms with Crippen molar-refractivity contribution in [2.45, 2.75) is 6.10 Å². The van der Waals surface area contributed by atoms with Crippen LogP contribution in [0, 0.1) is 0 Å². The Labute approximate surface area is 111 Å². The molecule has 1 aromatic heterocycles. The number of nitrogen functional groups attached to an aromatic ring is 1. The molecule has 1 aromatic carbocycles. The van der Waals surface area contributed by atoms with Gasteiger partial charge in [0, 0.05) is 29.7 Å². The second-order valence-electron chi connectivity index (χ2n) is 4.05. The van der Waals surface area contributed by atoms with Gasteiger partial charge in [0.25, 0.3) is 0 Å². The zero-order valence-electron chi connectivity index (χ0n) is 10.8. The first kappa shape index (κ1) is 13.2. The molecule has 0 spiro atoms. The van der Waals surface area contributed by atoms with Crippen molar-refractivity contribution >= 4 is 5.69 Å². The highest BCUT2D eigenvalue weighted by atomic mass is 16.5. The third-order valence-corrected chi connectivity index (χ3v) is 2.87. The minimum Gasteiger partial charge on any atom is -0.497 e. The molecule has 0 amide bonds. The van der Waals surface area contributed by atoms with Crippen LogP contribution >= 0.6 is 0 Å². The summed E-state index contributed by atoms with van der Waals surface area (Å²) < 4.78 is 10.4. The van der Waals surface area contributed by atoms with Crippen molar-refractivity contribution in [3.8, 4) is 11.5 Å². The number of pyridine rings is 1. The molecule has 2 aromatic rings. The number of methoxy groups -OCH3 is 2. The molecule has 1 heterocycles. The van der Waals surface area contributed by atoms with Crippen LogP contribution in [0.25, 0.3) is 0 Å². The van der Waals surface area contributed by atoms with E-state index in [1.807, 2.05) is 0 Å². The van der Waals surface area contributed by atoms with Crippen LogP contribution in [-0.2, 0) is 0 Å². The quantitative estimate of drug-likeness (QED) is 0.876. The van der Waals surface area contributed by atoms with Crippen LogP contribution in [0.15, 0.2) is 36.7 Å². The molecule has 0 aliphatic carbocycles. The van der Waals surface area contributed by atoms with Gasteiger partial charge in [-0.25, -0.2) is 0 Å². The predicted octanol–water partition coefficient (Wildman–Crippen LogP) is 1.76. The summed E-state index contributed by atoms with van der Waals surface area (Å²) in [6.07, 6.45) is 2.25. The topological polar surface area (TPSA) is 77.6 Å². The van der Waals surface area contributed by atoms with E-state index in [1.54, 1.807) is 50.9 Å². The average molecular weight is 260 g/mol. The van der Waals surface area contributed by atoms with Gasteiger partial charge in [0.2, 0.25) is 0 Å². The first-order chi connectivity index (χ1) is 9.15. The van der Waals surface area contributed by atoms with Crippen molar-refractivity contribution in [3.05, 3.63) is 47.8 Å². The maximum absolute atomic E-state index is 10.4. The zero-order chi connectivity index (χ0) is 13.8. The first-order valence-electron chi connectivity index (χ1n) is 5.76. The monoisotopic (exact) mass is 260 g/mol. The van der Waals surface area contributed by atoms with E-state index in [1.165, 1.54) is 0 Å². The van der Waals surface area contributed by atoms with Crippen molar-refractivity contribution in [1.29, 1.82) is 0 Å². The molecular formula is C14H16N2O3. The minimum absolute atomic E-state index is 0.490. The summed E-state index contributed by atoms with van der Waals surface area (Å²) in [7, 11) is 3.12. The van der Waals surface area contributed by atoms with E-state index in [0.717, 1.165) is 0 Å². The van der Waals surface area contributed by atoms with Gasteiger partial charge >= 0.3 is 0 Å².